The zero-order valence-corrected chi connectivity index (χ0v) is 9.77. The van der Waals surface area contributed by atoms with Crippen LogP contribution in [0.5, 0.6) is 0 Å². The molecule has 0 fully saturated rings. The molecule has 0 aliphatic heterocycles. The average molecular weight is 216 g/mol. The SMILES string of the molecule is CC(c1ccccc1)c1ccccc1.N.N. The molecule has 0 atom stereocenters. The standard InChI is InChI=1S/C14H14.2H3N/c1-12(13-8-4-2-5-9-13)14-10-6-3-7-11-14;;/h2-12H,1H3;2*1H3. The van der Waals surface area contributed by atoms with E-state index in [4.69, 9.17) is 0 Å². The van der Waals surface area contributed by atoms with E-state index in [0.29, 0.717) is 5.92 Å². The lowest BCUT2D eigenvalue weighted by molar-refractivity contribution is 0.922. The van der Waals surface area contributed by atoms with Crippen molar-refractivity contribution in [3.05, 3.63) is 71.8 Å². The van der Waals surface area contributed by atoms with Gasteiger partial charge in [0.25, 0.3) is 0 Å². The van der Waals surface area contributed by atoms with Crippen LogP contribution in [-0.4, -0.2) is 0 Å². The van der Waals surface area contributed by atoms with Crippen molar-refractivity contribution in [3.8, 4) is 0 Å². The first-order valence-corrected chi connectivity index (χ1v) is 4.98. The molecule has 2 heteroatoms. The zero-order valence-electron chi connectivity index (χ0n) is 9.77. The van der Waals surface area contributed by atoms with E-state index in [0.717, 1.165) is 0 Å². The van der Waals surface area contributed by atoms with Crippen LogP contribution < -0.4 is 12.3 Å². The van der Waals surface area contributed by atoms with Gasteiger partial charge < -0.3 is 12.3 Å². The van der Waals surface area contributed by atoms with Gasteiger partial charge in [0.1, 0.15) is 0 Å². The van der Waals surface area contributed by atoms with Crippen LogP contribution in [0, 0.1) is 0 Å². The molecule has 16 heavy (non-hydrogen) atoms. The normalized spacial score (nSPS) is 9.12. The van der Waals surface area contributed by atoms with E-state index in [-0.39, 0.29) is 12.3 Å². The maximum absolute atomic E-state index is 2.24. The lowest BCUT2D eigenvalue weighted by Crippen LogP contribution is -1.94. The molecule has 86 valence electrons. The van der Waals surface area contributed by atoms with Gasteiger partial charge in [-0.15, -0.1) is 0 Å². The van der Waals surface area contributed by atoms with Crippen molar-refractivity contribution >= 4 is 0 Å². The van der Waals surface area contributed by atoms with Gasteiger partial charge in [-0.2, -0.15) is 0 Å². The molecular formula is C14H20N2. The van der Waals surface area contributed by atoms with E-state index in [1.54, 1.807) is 0 Å². The third-order valence-corrected chi connectivity index (χ3v) is 2.60. The maximum Gasteiger partial charge on any atom is 0.00610 e. The largest absolute Gasteiger partial charge is 0.344 e. The molecule has 2 rings (SSSR count). The third-order valence-electron chi connectivity index (χ3n) is 2.60. The summed E-state index contributed by atoms with van der Waals surface area (Å²) in [5.41, 5.74) is 2.75. The van der Waals surface area contributed by atoms with Gasteiger partial charge in [0.15, 0.2) is 0 Å². The van der Waals surface area contributed by atoms with Gasteiger partial charge in [-0.3, -0.25) is 0 Å². The second-order valence-corrected chi connectivity index (χ2v) is 3.54. The van der Waals surface area contributed by atoms with Crippen molar-refractivity contribution in [2.75, 3.05) is 0 Å². The summed E-state index contributed by atoms with van der Waals surface area (Å²) < 4.78 is 0. The van der Waals surface area contributed by atoms with Gasteiger partial charge >= 0.3 is 0 Å². The summed E-state index contributed by atoms with van der Waals surface area (Å²) in [6, 6.07) is 21.2. The summed E-state index contributed by atoms with van der Waals surface area (Å²) in [6.07, 6.45) is 0. The molecule has 0 amide bonds. The van der Waals surface area contributed by atoms with Crippen molar-refractivity contribution < 1.29 is 0 Å². The topological polar surface area (TPSA) is 70.0 Å². The Bertz CT molecular complexity index is 344. The molecular weight excluding hydrogens is 196 g/mol. The zero-order chi connectivity index (χ0) is 9.80. The van der Waals surface area contributed by atoms with Gasteiger partial charge in [-0.1, -0.05) is 67.6 Å². The van der Waals surface area contributed by atoms with Crippen molar-refractivity contribution in [1.82, 2.24) is 12.3 Å². The van der Waals surface area contributed by atoms with E-state index in [1.807, 2.05) is 0 Å². The maximum atomic E-state index is 2.24. The summed E-state index contributed by atoms with van der Waals surface area (Å²) >= 11 is 0. The molecule has 0 saturated carbocycles. The molecule has 0 aliphatic rings. The lowest BCUT2D eigenvalue weighted by atomic mass is 9.93. The van der Waals surface area contributed by atoms with Crippen LogP contribution in [0.2, 0.25) is 0 Å². The molecule has 0 unspecified atom stereocenters. The molecule has 2 aromatic carbocycles. The fourth-order valence-electron chi connectivity index (χ4n) is 1.68. The van der Waals surface area contributed by atoms with Gasteiger partial charge in [0.2, 0.25) is 0 Å². The van der Waals surface area contributed by atoms with Crippen LogP contribution in [0.25, 0.3) is 0 Å². The lowest BCUT2D eigenvalue weighted by Gasteiger charge is -2.11. The fraction of sp³-hybridized carbons (Fsp3) is 0.143. The first kappa shape index (κ1) is 14.4. The molecule has 2 nitrogen and oxygen atoms in total. The van der Waals surface area contributed by atoms with Gasteiger partial charge in [-0.25, -0.2) is 0 Å². The molecule has 0 aliphatic carbocycles. The minimum atomic E-state index is 0. The molecule has 6 N–H and O–H groups in total. The Morgan fingerprint density at radius 3 is 1.25 bits per heavy atom. The molecule has 2 aromatic rings. The van der Waals surface area contributed by atoms with Crippen LogP contribution in [-0.2, 0) is 0 Å². The highest BCUT2D eigenvalue weighted by atomic mass is 14.1. The smallest absolute Gasteiger partial charge is 0.00610 e. The third kappa shape index (κ3) is 3.19. The predicted molar refractivity (Wildman–Crippen MR) is 70.4 cm³/mol. The van der Waals surface area contributed by atoms with Crippen molar-refractivity contribution in [2.24, 2.45) is 0 Å². The molecule has 0 radical (unpaired) electrons. The van der Waals surface area contributed by atoms with Crippen LogP contribution >= 0.6 is 0 Å². The van der Waals surface area contributed by atoms with E-state index in [2.05, 4.69) is 67.6 Å². The van der Waals surface area contributed by atoms with E-state index in [9.17, 15) is 0 Å². The summed E-state index contributed by atoms with van der Waals surface area (Å²) in [4.78, 5) is 0. The number of hydrogen-bond acceptors (Lipinski definition) is 2. The van der Waals surface area contributed by atoms with Gasteiger partial charge in [-0.05, 0) is 11.1 Å². The van der Waals surface area contributed by atoms with E-state index < -0.39 is 0 Å². The molecule has 0 bridgehead atoms. The Kier molecular flexibility index (Phi) is 6.08. The molecule has 0 spiro atoms. The highest BCUT2D eigenvalue weighted by Crippen LogP contribution is 2.22. The average Bonchev–Trinajstić information content (AvgIpc) is 2.30. The minimum absolute atomic E-state index is 0. The molecule has 0 heterocycles. The van der Waals surface area contributed by atoms with Gasteiger partial charge in [0, 0.05) is 5.92 Å². The first-order chi connectivity index (χ1) is 6.88. The first-order valence-electron chi connectivity index (χ1n) is 4.98. The number of benzene rings is 2. The number of hydrogen-bond donors (Lipinski definition) is 2. The van der Waals surface area contributed by atoms with E-state index in [1.165, 1.54) is 11.1 Å². The molecule has 0 saturated heterocycles. The monoisotopic (exact) mass is 216 g/mol. The highest BCUT2D eigenvalue weighted by Gasteiger charge is 2.05. The summed E-state index contributed by atoms with van der Waals surface area (Å²) in [7, 11) is 0. The second-order valence-electron chi connectivity index (χ2n) is 3.54. The van der Waals surface area contributed by atoms with Gasteiger partial charge in [0.05, 0.1) is 0 Å². The Balaban J connectivity index is 0.00000112. The molecule has 0 aromatic heterocycles. The van der Waals surface area contributed by atoms with E-state index >= 15 is 0 Å². The van der Waals surface area contributed by atoms with Crippen LogP contribution in [0.3, 0.4) is 0 Å². The van der Waals surface area contributed by atoms with Crippen molar-refractivity contribution in [3.63, 3.8) is 0 Å². The van der Waals surface area contributed by atoms with Crippen molar-refractivity contribution in [2.45, 2.75) is 12.8 Å². The summed E-state index contributed by atoms with van der Waals surface area (Å²) in [6.45, 7) is 2.24. The van der Waals surface area contributed by atoms with Crippen LogP contribution in [0.1, 0.15) is 24.0 Å². The quantitative estimate of drug-likeness (QED) is 0.791. The van der Waals surface area contributed by atoms with Crippen molar-refractivity contribution in [1.29, 1.82) is 0 Å². The van der Waals surface area contributed by atoms with Crippen LogP contribution in [0.4, 0.5) is 0 Å². The minimum Gasteiger partial charge on any atom is -0.344 e. The summed E-state index contributed by atoms with van der Waals surface area (Å²) in [5.74, 6) is 0.484. The van der Waals surface area contributed by atoms with Crippen LogP contribution in [0.15, 0.2) is 60.7 Å². The fourth-order valence-corrected chi connectivity index (χ4v) is 1.68. The summed E-state index contributed by atoms with van der Waals surface area (Å²) in [5, 5.41) is 0. The Morgan fingerprint density at radius 1 is 0.625 bits per heavy atom. The highest BCUT2D eigenvalue weighted by molar-refractivity contribution is 5.31. The Morgan fingerprint density at radius 2 is 0.938 bits per heavy atom. The predicted octanol–water partition coefficient (Wildman–Crippen LogP) is 4.16. The number of rotatable bonds is 2. The second kappa shape index (κ2) is 6.77. The Hall–Kier alpha value is -1.64. The Labute approximate surface area is 97.5 Å².